The zero-order valence-electron chi connectivity index (χ0n) is 21.5. The van der Waals surface area contributed by atoms with Crippen LogP contribution < -0.4 is 0 Å². The van der Waals surface area contributed by atoms with Gasteiger partial charge in [0.25, 0.3) is 0 Å². The predicted molar refractivity (Wildman–Crippen MR) is 157 cm³/mol. The van der Waals surface area contributed by atoms with E-state index in [0.29, 0.717) is 23.0 Å². The van der Waals surface area contributed by atoms with Gasteiger partial charge < -0.3 is 0 Å². The molecule has 0 atom stereocenters. The first-order valence-electron chi connectivity index (χ1n) is 12.8. The minimum absolute atomic E-state index is 0.592. The monoisotopic (exact) mass is 503 g/mol. The van der Waals surface area contributed by atoms with Crippen LogP contribution in [0.3, 0.4) is 0 Å². The highest BCUT2D eigenvalue weighted by atomic mass is 16.1. The summed E-state index contributed by atoms with van der Waals surface area (Å²) in [6, 6.07) is 42.1. The average Bonchev–Trinajstić information content (AvgIpc) is 3.02. The van der Waals surface area contributed by atoms with Gasteiger partial charge in [0, 0.05) is 22.3 Å². The second-order valence-electron chi connectivity index (χ2n) is 9.30. The summed E-state index contributed by atoms with van der Waals surface area (Å²) >= 11 is 0. The molecule has 4 nitrogen and oxygen atoms in total. The van der Waals surface area contributed by atoms with Crippen LogP contribution in [0.5, 0.6) is 0 Å². The second-order valence-corrected chi connectivity index (χ2v) is 9.30. The minimum Gasteiger partial charge on any atom is -0.298 e. The maximum Gasteiger partial charge on any atom is 0.164 e. The Kier molecular flexibility index (Phi) is 6.59. The van der Waals surface area contributed by atoms with Crippen LogP contribution in [0.25, 0.3) is 56.4 Å². The molecule has 0 aliphatic rings. The van der Waals surface area contributed by atoms with Gasteiger partial charge in [0.05, 0.1) is 0 Å². The molecule has 0 amide bonds. The largest absolute Gasteiger partial charge is 0.298 e. The molecule has 0 unspecified atom stereocenters. The molecule has 0 fully saturated rings. The quantitative estimate of drug-likeness (QED) is 0.214. The Hall–Kier alpha value is -5.22. The highest BCUT2D eigenvalue weighted by Crippen LogP contribution is 2.35. The van der Waals surface area contributed by atoms with Crippen molar-refractivity contribution in [2.75, 3.05) is 0 Å². The Labute approximate surface area is 227 Å². The average molecular weight is 504 g/mol. The summed E-state index contributed by atoms with van der Waals surface area (Å²) < 4.78 is 0. The van der Waals surface area contributed by atoms with Crippen LogP contribution in [0, 0.1) is 6.92 Å². The third-order valence-corrected chi connectivity index (χ3v) is 6.85. The Morgan fingerprint density at radius 3 is 1.54 bits per heavy atom. The molecule has 186 valence electrons. The smallest absolute Gasteiger partial charge is 0.164 e. The summed E-state index contributed by atoms with van der Waals surface area (Å²) in [5.74, 6) is 1.82. The molecule has 0 N–H and O–H groups in total. The zero-order chi connectivity index (χ0) is 26.6. The molecule has 0 radical (unpaired) electrons. The van der Waals surface area contributed by atoms with Crippen molar-refractivity contribution >= 4 is 6.29 Å². The van der Waals surface area contributed by atoms with E-state index >= 15 is 0 Å². The van der Waals surface area contributed by atoms with Crippen LogP contribution >= 0.6 is 0 Å². The molecule has 39 heavy (non-hydrogen) atoms. The van der Waals surface area contributed by atoms with Crippen molar-refractivity contribution in [1.82, 2.24) is 15.0 Å². The van der Waals surface area contributed by atoms with Gasteiger partial charge in [0.2, 0.25) is 0 Å². The van der Waals surface area contributed by atoms with Crippen LogP contribution in [0.4, 0.5) is 0 Å². The molecule has 4 heteroatoms. The first-order chi connectivity index (χ1) is 19.2. The Balaban J connectivity index is 1.53. The summed E-state index contributed by atoms with van der Waals surface area (Å²) in [6.07, 6.45) is 0.917. The van der Waals surface area contributed by atoms with Crippen molar-refractivity contribution in [2.45, 2.75) is 6.92 Å². The molecule has 0 bridgehead atoms. The predicted octanol–water partition coefficient (Wildman–Crippen LogP) is 8.33. The number of carbonyl (C=O) groups excluding carboxylic acids is 1. The summed E-state index contributed by atoms with van der Waals surface area (Å²) in [6.45, 7) is 2.06. The maximum atomic E-state index is 12.1. The van der Waals surface area contributed by atoms with Crippen molar-refractivity contribution in [2.24, 2.45) is 0 Å². The van der Waals surface area contributed by atoms with Gasteiger partial charge in [-0.1, -0.05) is 121 Å². The van der Waals surface area contributed by atoms with E-state index in [9.17, 15) is 4.79 Å². The lowest BCUT2D eigenvalue weighted by molar-refractivity contribution is 0.112. The Morgan fingerprint density at radius 1 is 0.462 bits per heavy atom. The molecule has 6 aromatic rings. The topological polar surface area (TPSA) is 55.7 Å². The fourth-order valence-corrected chi connectivity index (χ4v) is 4.80. The molecule has 1 aromatic heterocycles. The number of nitrogens with zero attached hydrogens (tertiary/aromatic N) is 3. The lowest BCUT2D eigenvalue weighted by Gasteiger charge is -2.15. The number of benzene rings is 5. The number of hydrogen-bond donors (Lipinski definition) is 0. The maximum absolute atomic E-state index is 12.1. The van der Waals surface area contributed by atoms with Gasteiger partial charge >= 0.3 is 0 Å². The summed E-state index contributed by atoms with van der Waals surface area (Å²) in [7, 11) is 0. The SMILES string of the molecule is Cc1c(-c2nc(-c3ccccc3)nc(-c3ccccc3)n2)cccc1-c1cc(-c2ccccc2)ccc1C=O. The van der Waals surface area contributed by atoms with E-state index in [1.807, 2.05) is 109 Å². The Bertz CT molecular complexity index is 1710. The third-order valence-electron chi connectivity index (χ3n) is 6.85. The number of aldehydes is 1. The summed E-state index contributed by atoms with van der Waals surface area (Å²) in [5, 5.41) is 0. The van der Waals surface area contributed by atoms with Gasteiger partial charge in [-0.15, -0.1) is 0 Å². The fraction of sp³-hybridized carbons (Fsp3) is 0.0286. The van der Waals surface area contributed by atoms with Gasteiger partial charge in [-0.25, -0.2) is 15.0 Å². The van der Waals surface area contributed by atoms with E-state index in [0.717, 1.165) is 50.8 Å². The van der Waals surface area contributed by atoms with Crippen LogP contribution in [-0.4, -0.2) is 21.2 Å². The zero-order valence-corrected chi connectivity index (χ0v) is 21.5. The van der Waals surface area contributed by atoms with Crippen molar-refractivity contribution in [1.29, 1.82) is 0 Å². The molecule has 6 rings (SSSR count). The van der Waals surface area contributed by atoms with Crippen molar-refractivity contribution < 1.29 is 4.79 Å². The van der Waals surface area contributed by atoms with Crippen LogP contribution in [-0.2, 0) is 0 Å². The van der Waals surface area contributed by atoms with E-state index < -0.39 is 0 Å². The number of rotatable bonds is 6. The molecule has 0 spiro atoms. The highest BCUT2D eigenvalue weighted by molar-refractivity contribution is 5.92. The van der Waals surface area contributed by atoms with E-state index in [-0.39, 0.29) is 0 Å². The lowest BCUT2D eigenvalue weighted by atomic mass is 9.90. The first kappa shape index (κ1) is 24.1. The van der Waals surface area contributed by atoms with Crippen LogP contribution in [0.15, 0.2) is 127 Å². The van der Waals surface area contributed by atoms with E-state index in [2.05, 4.69) is 25.1 Å². The molecule has 0 aliphatic heterocycles. The Morgan fingerprint density at radius 2 is 0.974 bits per heavy atom. The van der Waals surface area contributed by atoms with Crippen LogP contribution in [0.1, 0.15) is 15.9 Å². The normalized spacial score (nSPS) is 10.8. The lowest BCUT2D eigenvalue weighted by Crippen LogP contribution is -2.02. The van der Waals surface area contributed by atoms with E-state index in [1.54, 1.807) is 0 Å². The van der Waals surface area contributed by atoms with Crippen molar-refractivity contribution in [3.05, 3.63) is 139 Å². The molecule has 5 aromatic carbocycles. The van der Waals surface area contributed by atoms with Gasteiger partial charge in [-0.2, -0.15) is 0 Å². The number of aromatic nitrogens is 3. The number of hydrogen-bond acceptors (Lipinski definition) is 4. The molecule has 1 heterocycles. The third kappa shape index (κ3) is 4.88. The highest BCUT2D eigenvalue weighted by Gasteiger charge is 2.17. The van der Waals surface area contributed by atoms with Gasteiger partial charge in [-0.3, -0.25) is 4.79 Å². The minimum atomic E-state index is 0.592. The second kappa shape index (κ2) is 10.6. The molecule has 0 saturated heterocycles. The summed E-state index contributed by atoms with van der Waals surface area (Å²) in [4.78, 5) is 26.7. The van der Waals surface area contributed by atoms with Gasteiger partial charge in [0.15, 0.2) is 23.8 Å². The van der Waals surface area contributed by atoms with Crippen LogP contribution in [0.2, 0.25) is 0 Å². The van der Waals surface area contributed by atoms with Gasteiger partial charge in [0.1, 0.15) is 0 Å². The van der Waals surface area contributed by atoms with E-state index in [1.165, 1.54) is 0 Å². The molecular weight excluding hydrogens is 478 g/mol. The summed E-state index contributed by atoms with van der Waals surface area (Å²) in [5.41, 5.74) is 8.38. The number of carbonyl (C=O) groups is 1. The van der Waals surface area contributed by atoms with Crippen molar-refractivity contribution in [3.63, 3.8) is 0 Å². The van der Waals surface area contributed by atoms with Gasteiger partial charge in [-0.05, 0) is 40.8 Å². The molecule has 0 saturated carbocycles. The first-order valence-corrected chi connectivity index (χ1v) is 12.8. The fourth-order valence-electron chi connectivity index (χ4n) is 4.80. The molecular formula is C35H25N3O. The molecule has 0 aliphatic carbocycles. The standard InChI is InChI=1S/C35H25N3O/c1-24-30(32-22-28(20-21-29(32)23-39)25-12-5-2-6-13-25)18-11-19-31(24)35-37-33(26-14-7-3-8-15-26)36-34(38-35)27-16-9-4-10-17-27/h2-23H,1H3. The van der Waals surface area contributed by atoms with Crippen molar-refractivity contribution in [3.8, 4) is 56.4 Å². The van der Waals surface area contributed by atoms with E-state index in [4.69, 9.17) is 15.0 Å².